The third-order valence-corrected chi connectivity index (χ3v) is 6.17. The van der Waals surface area contributed by atoms with Gasteiger partial charge in [-0.25, -0.2) is 13.4 Å². The molecule has 0 aliphatic heterocycles. The Hall–Kier alpha value is -1.99. The van der Waals surface area contributed by atoms with E-state index in [9.17, 15) is 13.2 Å². The number of aliphatic hydroxyl groups excluding tert-OH is 1. The average Bonchev–Trinajstić information content (AvgIpc) is 3.00. The maximum absolute atomic E-state index is 11.9. The Morgan fingerprint density at radius 1 is 1.30 bits per heavy atom. The highest BCUT2D eigenvalue weighted by atomic mass is 32.2. The standard InChI is InChI=1S/C16H20N2O4S/c1-16(15(20)11-19,23(2,21)22)8-9-18-10-14(17-12-18)13-6-4-3-5-7-13/h3-7,10,12,19H,8-9,11H2,1-2H3/t16-/m1/s1. The van der Waals surface area contributed by atoms with Crippen LogP contribution < -0.4 is 0 Å². The van der Waals surface area contributed by atoms with Crippen molar-refractivity contribution < 1.29 is 18.3 Å². The minimum absolute atomic E-state index is 0.0792. The fraction of sp³-hybridized carbons (Fsp3) is 0.375. The largest absolute Gasteiger partial charge is 0.389 e. The summed E-state index contributed by atoms with van der Waals surface area (Å²) in [5, 5.41) is 9.05. The van der Waals surface area contributed by atoms with Gasteiger partial charge in [0.05, 0.1) is 12.0 Å². The summed E-state index contributed by atoms with van der Waals surface area (Å²) in [5.41, 5.74) is 1.74. The number of benzene rings is 1. The van der Waals surface area contributed by atoms with E-state index < -0.39 is 27.0 Å². The molecule has 0 aliphatic carbocycles. The molecule has 1 atom stereocenters. The maximum Gasteiger partial charge on any atom is 0.179 e. The fourth-order valence-electron chi connectivity index (χ4n) is 2.28. The van der Waals surface area contributed by atoms with Crippen LogP contribution in [0.2, 0.25) is 0 Å². The van der Waals surface area contributed by atoms with E-state index >= 15 is 0 Å². The molecule has 7 heteroatoms. The summed E-state index contributed by atoms with van der Waals surface area (Å²) in [6.45, 7) is 0.883. The van der Waals surface area contributed by atoms with E-state index in [1.165, 1.54) is 6.92 Å². The van der Waals surface area contributed by atoms with E-state index in [0.717, 1.165) is 17.5 Å². The molecule has 0 fully saturated rings. The van der Waals surface area contributed by atoms with Gasteiger partial charge in [0, 0.05) is 24.6 Å². The molecule has 0 radical (unpaired) electrons. The number of Topliss-reactive ketones (excluding diaryl/α,β-unsaturated/α-hetero) is 1. The molecule has 2 aromatic rings. The van der Waals surface area contributed by atoms with E-state index in [4.69, 9.17) is 5.11 Å². The quantitative estimate of drug-likeness (QED) is 0.823. The first kappa shape index (κ1) is 17.4. The van der Waals surface area contributed by atoms with Gasteiger partial charge in [-0.2, -0.15) is 0 Å². The molecule has 1 N–H and O–H groups in total. The highest BCUT2D eigenvalue weighted by Crippen LogP contribution is 2.24. The Bertz CT molecular complexity index is 783. The molecule has 0 amide bonds. The molecular weight excluding hydrogens is 316 g/mol. The third-order valence-electron chi connectivity index (χ3n) is 4.10. The molecule has 2 rings (SSSR count). The molecule has 1 aromatic heterocycles. The number of hydrogen-bond acceptors (Lipinski definition) is 5. The van der Waals surface area contributed by atoms with E-state index in [0.29, 0.717) is 6.54 Å². The van der Waals surface area contributed by atoms with Crippen molar-refractivity contribution >= 4 is 15.6 Å². The molecule has 0 aliphatic rings. The van der Waals surface area contributed by atoms with Crippen LogP contribution in [0, 0.1) is 0 Å². The van der Waals surface area contributed by atoms with Crippen LogP contribution in [0.15, 0.2) is 42.9 Å². The summed E-state index contributed by atoms with van der Waals surface area (Å²) >= 11 is 0. The molecule has 23 heavy (non-hydrogen) atoms. The second-order valence-corrected chi connectivity index (χ2v) is 8.14. The number of aromatic nitrogens is 2. The van der Waals surface area contributed by atoms with E-state index in [1.807, 2.05) is 30.3 Å². The Morgan fingerprint density at radius 3 is 2.52 bits per heavy atom. The van der Waals surface area contributed by atoms with Crippen molar-refractivity contribution in [1.29, 1.82) is 0 Å². The fourth-order valence-corrected chi connectivity index (χ4v) is 3.22. The Balaban J connectivity index is 2.17. The average molecular weight is 336 g/mol. The van der Waals surface area contributed by atoms with Gasteiger partial charge in [-0.05, 0) is 13.3 Å². The zero-order chi connectivity index (χ0) is 17.1. The topological polar surface area (TPSA) is 89.3 Å². The molecule has 124 valence electrons. The second kappa shape index (κ2) is 6.64. The SMILES string of the molecule is C[C@@](CCn1cnc(-c2ccccc2)c1)(C(=O)CO)S(C)(=O)=O. The predicted octanol–water partition coefficient (Wildman–Crippen LogP) is 1.30. The Labute approximate surface area is 135 Å². The molecule has 0 saturated heterocycles. The molecule has 0 unspecified atom stereocenters. The van der Waals surface area contributed by atoms with Gasteiger partial charge in [0.1, 0.15) is 11.4 Å². The van der Waals surface area contributed by atoms with E-state index in [1.54, 1.807) is 17.1 Å². The minimum atomic E-state index is -3.63. The third kappa shape index (κ3) is 3.68. The van der Waals surface area contributed by atoms with Crippen molar-refractivity contribution in [1.82, 2.24) is 9.55 Å². The molecule has 0 spiro atoms. The zero-order valence-corrected chi connectivity index (χ0v) is 14.0. The number of aryl methyl sites for hydroxylation is 1. The molecule has 0 saturated carbocycles. The number of rotatable bonds is 7. The van der Waals surface area contributed by atoms with Crippen LogP contribution in [0.5, 0.6) is 0 Å². The highest BCUT2D eigenvalue weighted by Gasteiger charge is 2.42. The van der Waals surface area contributed by atoms with Gasteiger partial charge < -0.3 is 9.67 Å². The lowest BCUT2D eigenvalue weighted by molar-refractivity contribution is -0.124. The van der Waals surface area contributed by atoms with Gasteiger partial charge in [-0.3, -0.25) is 4.79 Å². The number of hydrogen-bond donors (Lipinski definition) is 1. The first-order chi connectivity index (χ1) is 10.8. The summed E-state index contributed by atoms with van der Waals surface area (Å²) in [6, 6.07) is 9.60. The predicted molar refractivity (Wildman–Crippen MR) is 87.6 cm³/mol. The van der Waals surface area contributed by atoms with Gasteiger partial charge in [-0.15, -0.1) is 0 Å². The number of aliphatic hydroxyl groups is 1. The van der Waals surface area contributed by atoms with Crippen LogP contribution >= 0.6 is 0 Å². The van der Waals surface area contributed by atoms with Crippen molar-refractivity contribution in [3.63, 3.8) is 0 Å². The van der Waals surface area contributed by atoms with Gasteiger partial charge in [0.15, 0.2) is 15.6 Å². The molecule has 1 heterocycles. The lowest BCUT2D eigenvalue weighted by atomic mass is 10.0. The maximum atomic E-state index is 11.9. The van der Waals surface area contributed by atoms with Gasteiger partial charge >= 0.3 is 0 Å². The van der Waals surface area contributed by atoms with Gasteiger partial charge in [-0.1, -0.05) is 30.3 Å². The lowest BCUT2D eigenvalue weighted by Crippen LogP contribution is -2.45. The summed E-state index contributed by atoms with van der Waals surface area (Å²) in [5.74, 6) is -0.691. The smallest absolute Gasteiger partial charge is 0.179 e. The van der Waals surface area contributed by atoms with Crippen LogP contribution in [-0.4, -0.2) is 46.5 Å². The number of imidazole rings is 1. The summed E-state index contributed by atoms with van der Waals surface area (Å²) in [6.07, 6.45) is 4.51. The van der Waals surface area contributed by atoms with Crippen molar-refractivity contribution in [2.24, 2.45) is 0 Å². The molecule has 1 aromatic carbocycles. The molecule has 0 bridgehead atoms. The molecular formula is C16H20N2O4S. The summed E-state index contributed by atoms with van der Waals surface area (Å²) in [7, 11) is -3.63. The minimum Gasteiger partial charge on any atom is -0.389 e. The van der Waals surface area contributed by atoms with Crippen LogP contribution in [0.4, 0.5) is 0 Å². The second-order valence-electron chi connectivity index (χ2n) is 5.70. The summed E-state index contributed by atoms with van der Waals surface area (Å²) in [4.78, 5) is 16.2. The van der Waals surface area contributed by atoms with Crippen LogP contribution in [0.1, 0.15) is 13.3 Å². The van der Waals surface area contributed by atoms with Gasteiger partial charge in [0.2, 0.25) is 0 Å². The van der Waals surface area contributed by atoms with Crippen LogP contribution in [0.25, 0.3) is 11.3 Å². The van der Waals surface area contributed by atoms with Crippen molar-refractivity contribution in [2.45, 2.75) is 24.6 Å². The number of carbonyl (C=O) groups excluding carboxylic acids is 1. The van der Waals surface area contributed by atoms with Crippen molar-refractivity contribution in [3.8, 4) is 11.3 Å². The number of carbonyl (C=O) groups is 1. The lowest BCUT2D eigenvalue weighted by Gasteiger charge is -2.25. The van der Waals surface area contributed by atoms with E-state index in [-0.39, 0.29) is 6.42 Å². The highest BCUT2D eigenvalue weighted by molar-refractivity contribution is 7.92. The Kier molecular flexibility index (Phi) is 5.01. The summed E-state index contributed by atoms with van der Waals surface area (Å²) < 4.78 is 24.0. The monoisotopic (exact) mass is 336 g/mol. The van der Waals surface area contributed by atoms with Crippen LogP contribution in [-0.2, 0) is 21.2 Å². The first-order valence-corrected chi connectivity index (χ1v) is 9.08. The van der Waals surface area contributed by atoms with E-state index in [2.05, 4.69) is 4.98 Å². The van der Waals surface area contributed by atoms with Crippen LogP contribution in [0.3, 0.4) is 0 Å². The zero-order valence-electron chi connectivity index (χ0n) is 13.1. The number of sulfone groups is 1. The number of nitrogens with zero attached hydrogens (tertiary/aromatic N) is 2. The first-order valence-electron chi connectivity index (χ1n) is 7.19. The molecule has 6 nitrogen and oxygen atoms in total. The normalized spacial score (nSPS) is 14.4. The van der Waals surface area contributed by atoms with Crippen molar-refractivity contribution in [3.05, 3.63) is 42.9 Å². The van der Waals surface area contributed by atoms with Crippen molar-refractivity contribution in [2.75, 3.05) is 12.9 Å². The number of ketones is 1. The Morgan fingerprint density at radius 2 is 1.96 bits per heavy atom. The van der Waals surface area contributed by atoms with Gasteiger partial charge in [0.25, 0.3) is 0 Å².